The van der Waals surface area contributed by atoms with Gasteiger partial charge < -0.3 is 10.2 Å². The van der Waals surface area contributed by atoms with Crippen LogP contribution in [-0.4, -0.2) is 39.8 Å². The first-order valence-corrected chi connectivity index (χ1v) is 7.40. The van der Waals surface area contributed by atoms with Gasteiger partial charge in [-0.3, -0.25) is 29.1 Å². The number of hydrogen-bond acceptors (Lipinski definition) is 5. The van der Waals surface area contributed by atoms with Crippen LogP contribution in [0.4, 0.5) is 15.8 Å². The Labute approximate surface area is 146 Å². The number of carbonyl (C=O) groups excluding carboxylic acids is 2. The molecule has 0 aliphatic carbocycles. The molecule has 1 aromatic heterocycles. The molecule has 0 radical (unpaired) electrons. The Balaban J connectivity index is 1.98. The van der Waals surface area contributed by atoms with Crippen molar-refractivity contribution in [3.8, 4) is 0 Å². The second kappa shape index (κ2) is 8.01. The molecule has 0 unspecified atom stereocenters. The smallest absolute Gasteiger partial charge is 0.285 e. The molecule has 0 spiro atoms. The highest BCUT2D eigenvalue weighted by Crippen LogP contribution is 2.08. The minimum absolute atomic E-state index is 0.306. The molecule has 0 atom stereocenters. The van der Waals surface area contributed by atoms with E-state index in [4.69, 9.17) is 0 Å². The van der Waals surface area contributed by atoms with E-state index < -0.39 is 34.7 Å². The molecule has 0 aliphatic rings. The zero-order valence-electron chi connectivity index (χ0n) is 13.7. The average molecular weight is 362 g/mol. The number of nitrogens with zero attached hydrogens (tertiary/aromatic N) is 3. The lowest BCUT2D eigenvalue weighted by Gasteiger charge is -2.17. The number of amides is 2. The van der Waals surface area contributed by atoms with Crippen LogP contribution in [0.5, 0.6) is 0 Å². The largest absolute Gasteiger partial charge is 0.335 e. The van der Waals surface area contributed by atoms with Crippen molar-refractivity contribution in [2.45, 2.75) is 6.54 Å². The molecule has 2 rings (SSSR count). The SMILES string of the molecule is CN(CC(=O)Nc1ccc(F)cc1)C(=O)Cn1cc([N+](=O)[O-])ccc1=O. The van der Waals surface area contributed by atoms with Gasteiger partial charge in [0.1, 0.15) is 12.4 Å². The van der Waals surface area contributed by atoms with Crippen LogP contribution in [0.25, 0.3) is 0 Å². The Hall–Kier alpha value is -3.56. The highest BCUT2D eigenvalue weighted by molar-refractivity contribution is 5.94. The maximum absolute atomic E-state index is 12.8. The number of pyridine rings is 1. The van der Waals surface area contributed by atoms with Crippen LogP contribution in [0.2, 0.25) is 0 Å². The first-order valence-electron chi connectivity index (χ1n) is 7.40. The van der Waals surface area contributed by atoms with E-state index in [0.717, 1.165) is 27.8 Å². The topological polar surface area (TPSA) is 115 Å². The first-order chi connectivity index (χ1) is 12.3. The van der Waals surface area contributed by atoms with Gasteiger partial charge in [0.25, 0.3) is 11.2 Å². The number of benzene rings is 1. The predicted octanol–water partition coefficient (Wildman–Crippen LogP) is 0.993. The molecule has 1 N–H and O–H groups in total. The molecule has 0 saturated carbocycles. The van der Waals surface area contributed by atoms with Gasteiger partial charge in [-0.05, 0) is 24.3 Å². The van der Waals surface area contributed by atoms with Gasteiger partial charge in [-0.2, -0.15) is 0 Å². The summed E-state index contributed by atoms with van der Waals surface area (Å²) in [7, 11) is 1.36. The third kappa shape index (κ3) is 4.97. The number of rotatable bonds is 6. The van der Waals surface area contributed by atoms with Crippen molar-refractivity contribution in [1.29, 1.82) is 0 Å². The second-order valence-electron chi connectivity index (χ2n) is 5.42. The zero-order chi connectivity index (χ0) is 19.3. The monoisotopic (exact) mass is 362 g/mol. The number of anilines is 1. The Kier molecular flexibility index (Phi) is 5.78. The summed E-state index contributed by atoms with van der Waals surface area (Å²) in [6, 6.07) is 7.14. The van der Waals surface area contributed by atoms with Crippen molar-refractivity contribution in [3.05, 3.63) is 68.9 Å². The summed E-state index contributed by atoms with van der Waals surface area (Å²) in [6.45, 7) is -0.749. The fraction of sp³-hybridized carbons (Fsp3) is 0.188. The van der Waals surface area contributed by atoms with Gasteiger partial charge >= 0.3 is 0 Å². The van der Waals surface area contributed by atoms with Crippen LogP contribution in [0.3, 0.4) is 0 Å². The Morgan fingerprint density at radius 2 is 1.88 bits per heavy atom. The molecule has 1 heterocycles. The maximum atomic E-state index is 12.8. The third-order valence-electron chi connectivity index (χ3n) is 3.42. The molecule has 2 amide bonds. The molecule has 26 heavy (non-hydrogen) atoms. The molecule has 0 bridgehead atoms. The van der Waals surface area contributed by atoms with Crippen LogP contribution in [0, 0.1) is 15.9 Å². The van der Waals surface area contributed by atoms with Gasteiger partial charge in [0.2, 0.25) is 11.8 Å². The second-order valence-corrected chi connectivity index (χ2v) is 5.42. The number of nitro groups is 1. The highest BCUT2D eigenvalue weighted by Gasteiger charge is 2.16. The summed E-state index contributed by atoms with van der Waals surface area (Å²) in [5, 5.41) is 13.2. The number of likely N-dealkylation sites (N-methyl/N-ethyl adjacent to an activating group) is 1. The molecule has 0 aliphatic heterocycles. The molecule has 9 nitrogen and oxygen atoms in total. The normalized spacial score (nSPS) is 10.2. The number of aromatic nitrogens is 1. The van der Waals surface area contributed by atoms with E-state index in [1.54, 1.807) is 0 Å². The van der Waals surface area contributed by atoms with Crippen LogP contribution >= 0.6 is 0 Å². The Morgan fingerprint density at radius 1 is 1.23 bits per heavy atom. The Bertz CT molecular complexity index is 894. The van der Waals surface area contributed by atoms with Crippen LogP contribution in [-0.2, 0) is 16.1 Å². The maximum Gasteiger partial charge on any atom is 0.285 e. The molecular formula is C16H15FN4O5. The van der Waals surface area contributed by atoms with Crippen molar-refractivity contribution in [2.24, 2.45) is 0 Å². The number of nitrogens with one attached hydrogen (secondary N) is 1. The highest BCUT2D eigenvalue weighted by atomic mass is 19.1. The lowest BCUT2D eigenvalue weighted by molar-refractivity contribution is -0.385. The van der Waals surface area contributed by atoms with Crippen LogP contribution < -0.4 is 10.9 Å². The molecule has 10 heteroatoms. The molecule has 0 saturated heterocycles. The van der Waals surface area contributed by atoms with Crippen molar-refractivity contribution in [3.63, 3.8) is 0 Å². The summed E-state index contributed by atoms with van der Waals surface area (Å²) >= 11 is 0. The number of halogens is 1. The van der Waals surface area contributed by atoms with Crippen LogP contribution in [0.15, 0.2) is 47.4 Å². The van der Waals surface area contributed by atoms with Crippen molar-refractivity contribution in [2.75, 3.05) is 18.9 Å². The summed E-state index contributed by atoms with van der Waals surface area (Å²) in [5.74, 6) is -1.54. The molecule has 136 valence electrons. The quantitative estimate of drug-likeness (QED) is 0.608. The summed E-state index contributed by atoms with van der Waals surface area (Å²) in [5.41, 5.74) is -0.533. The predicted molar refractivity (Wildman–Crippen MR) is 90.0 cm³/mol. The molecule has 1 aromatic carbocycles. The molecule has 0 fully saturated rings. The lowest BCUT2D eigenvalue weighted by Crippen LogP contribution is -2.38. The summed E-state index contributed by atoms with van der Waals surface area (Å²) in [4.78, 5) is 46.9. The average Bonchev–Trinajstić information content (AvgIpc) is 2.58. The minimum atomic E-state index is -0.680. The standard InChI is InChI=1S/C16H15FN4O5/c1-19(9-14(22)18-12-4-2-11(17)3-5-12)16(24)10-20-8-13(21(25)26)6-7-15(20)23/h2-8H,9-10H2,1H3,(H,18,22). The zero-order valence-corrected chi connectivity index (χ0v) is 13.7. The van der Waals surface area contributed by atoms with E-state index in [1.807, 2.05) is 0 Å². The van der Waals surface area contributed by atoms with E-state index in [1.165, 1.54) is 31.3 Å². The van der Waals surface area contributed by atoms with Gasteiger partial charge in [0, 0.05) is 24.9 Å². The van der Waals surface area contributed by atoms with Crippen molar-refractivity contribution < 1.29 is 18.9 Å². The number of carbonyl (C=O) groups is 2. The Morgan fingerprint density at radius 3 is 2.50 bits per heavy atom. The van der Waals surface area contributed by atoms with Gasteiger partial charge in [-0.15, -0.1) is 0 Å². The van der Waals surface area contributed by atoms with Gasteiger partial charge in [-0.25, -0.2) is 4.39 Å². The lowest BCUT2D eigenvalue weighted by atomic mass is 10.3. The van der Waals surface area contributed by atoms with Gasteiger partial charge in [-0.1, -0.05) is 0 Å². The van der Waals surface area contributed by atoms with Crippen molar-refractivity contribution in [1.82, 2.24) is 9.47 Å². The molecule has 2 aromatic rings. The van der Waals surface area contributed by atoms with E-state index in [9.17, 15) is 28.9 Å². The summed E-state index contributed by atoms with van der Waals surface area (Å²) in [6.07, 6.45) is 0.965. The van der Waals surface area contributed by atoms with Gasteiger partial charge in [0.15, 0.2) is 0 Å². The number of hydrogen-bond donors (Lipinski definition) is 1. The van der Waals surface area contributed by atoms with E-state index in [2.05, 4.69) is 5.32 Å². The van der Waals surface area contributed by atoms with Gasteiger partial charge in [0.05, 0.1) is 17.7 Å². The summed E-state index contributed by atoms with van der Waals surface area (Å²) < 4.78 is 13.7. The van der Waals surface area contributed by atoms with E-state index in [0.29, 0.717) is 5.69 Å². The van der Waals surface area contributed by atoms with Crippen LogP contribution in [0.1, 0.15) is 0 Å². The first kappa shape index (κ1) is 18.8. The van der Waals surface area contributed by atoms with Crippen molar-refractivity contribution >= 4 is 23.2 Å². The third-order valence-corrected chi connectivity index (χ3v) is 3.42. The molecular weight excluding hydrogens is 347 g/mol. The fourth-order valence-corrected chi connectivity index (χ4v) is 2.05. The fourth-order valence-electron chi connectivity index (χ4n) is 2.05. The van der Waals surface area contributed by atoms with E-state index >= 15 is 0 Å². The minimum Gasteiger partial charge on any atom is -0.335 e. The van der Waals surface area contributed by atoms with E-state index in [-0.39, 0.29) is 12.2 Å².